The first-order valence-electron chi connectivity index (χ1n) is 22.3. The fourth-order valence-corrected chi connectivity index (χ4v) is 11.4. The number of fused-ring (bicyclic) bond motifs is 12. The van der Waals surface area contributed by atoms with Crippen LogP contribution < -0.4 is 9.64 Å². The molecule has 0 saturated carbocycles. The molecule has 2 nitrogen and oxygen atoms in total. The van der Waals surface area contributed by atoms with Gasteiger partial charge in [0.2, 0.25) is 0 Å². The molecule has 4 aliphatic rings. The summed E-state index contributed by atoms with van der Waals surface area (Å²) in [5.41, 5.74) is 21.2. The first kappa shape index (κ1) is 38.1. The highest BCUT2D eigenvalue weighted by atomic mass is 16.5. The highest BCUT2D eigenvalue weighted by molar-refractivity contribution is 5.90. The van der Waals surface area contributed by atoms with E-state index in [1.807, 2.05) is 0 Å². The van der Waals surface area contributed by atoms with Crippen LogP contribution >= 0.6 is 0 Å². The molecular formula is C60H51NO. The summed E-state index contributed by atoms with van der Waals surface area (Å²) in [5.74, 6) is 2.22. The number of hydrogen-bond acceptors (Lipinski definition) is 2. The molecule has 7 aromatic rings. The van der Waals surface area contributed by atoms with Crippen molar-refractivity contribution in [1.82, 2.24) is 0 Å². The molecule has 302 valence electrons. The van der Waals surface area contributed by atoms with Gasteiger partial charge in [0.25, 0.3) is 0 Å². The zero-order chi connectivity index (χ0) is 42.2. The van der Waals surface area contributed by atoms with E-state index in [1.165, 1.54) is 89.4 Å². The lowest BCUT2D eigenvalue weighted by Crippen LogP contribution is -2.32. The molecule has 0 aromatic heterocycles. The average molecular weight is 802 g/mol. The van der Waals surface area contributed by atoms with Gasteiger partial charge in [0.05, 0.1) is 11.1 Å². The topological polar surface area (TPSA) is 12.5 Å². The highest BCUT2D eigenvalue weighted by Gasteiger charge is 2.51. The Morgan fingerprint density at radius 2 is 1.34 bits per heavy atom. The molecule has 2 atom stereocenters. The summed E-state index contributed by atoms with van der Waals surface area (Å²) in [7, 11) is 0. The van der Waals surface area contributed by atoms with E-state index in [-0.39, 0.29) is 5.41 Å². The summed E-state index contributed by atoms with van der Waals surface area (Å²) in [6.45, 7) is 11.6. The van der Waals surface area contributed by atoms with Crippen molar-refractivity contribution in [3.8, 4) is 33.8 Å². The lowest BCUT2D eigenvalue weighted by atomic mass is 9.65. The molecule has 0 saturated heterocycles. The summed E-state index contributed by atoms with van der Waals surface area (Å²) < 4.78 is 6.91. The summed E-state index contributed by atoms with van der Waals surface area (Å²) in [4.78, 5) is 2.53. The van der Waals surface area contributed by atoms with E-state index in [1.54, 1.807) is 0 Å². The third-order valence-electron chi connectivity index (χ3n) is 14.3. The van der Waals surface area contributed by atoms with Crippen LogP contribution in [-0.4, -0.2) is 0 Å². The number of aryl methyl sites for hydroxylation is 1. The minimum Gasteiger partial charge on any atom is -0.457 e. The highest BCUT2D eigenvalue weighted by Crippen LogP contribution is 2.63. The molecule has 1 heterocycles. The number of benzene rings is 7. The van der Waals surface area contributed by atoms with Crippen LogP contribution in [0.25, 0.3) is 27.8 Å². The Balaban J connectivity index is 1.03. The van der Waals surface area contributed by atoms with Gasteiger partial charge in [-0.1, -0.05) is 184 Å². The number of nitrogens with zero attached hydrogens (tertiary/aromatic N) is 1. The molecule has 0 radical (unpaired) electrons. The van der Waals surface area contributed by atoms with Gasteiger partial charge in [0, 0.05) is 39.4 Å². The van der Waals surface area contributed by atoms with Gasteiger partial charge >= 0.3 is 0 Å². The molecule has 0 fully saturated rings. The second-order valence-corrected chi connectivity index (χ2v) is 17.9. The van der Waals surface area contributed by atoms with Crippen molar-refractivity contribution >= 4 is 11.3 Å². The standard InChI is InChI=1S/C60H51NO/c1-6-43(61(55-29-16-12-22-45(55)41-20-8-7-9-21-41)44-34-35-48-46-23-10-13-26-50(46)59(4,5)54(48)38-44)33-31-39(2)42-32-36-53-57(37-42)62-56-30-17-15-28-52(56)60(53)51-27-14-11-24-47(51)49-25-18-19-40(3)58(49)60/h7-34,36-38,48H,6,35H2,1-5H3/b39-31+,43-33+. The molecule has 2 unspecified atom stereocenters. The van der Waals surface area contributed by atoms with Crippen molar-refractivity contribution < 1.29 is 4.74 Å². The third kappa shape index (κ3) is 5.62. The van der Waals surface area contributed by atoms with Crippen LogP contribution in [0.4, 0.5) is 5.69 Å². The second-order valence-electron chi connectivity index (χ2n) is 17.9. The average Bonchev–Trinajstić information content (AvgIpc) is 3.74. The number of ether oxygens (including phenoxy) is 1. The van der Waals surface area contributed by atoms with Crippen LogP contribution in [-0.2, 0) is 10.8 Å². The van der Waals surface area contributed by atoms with Gasteiger partial charge in [-0.05, 0) is 113 Å². The number of rotatable bonds is 7. The monoisotopic (exact) mass is 801 g/mol. The Bertz CT molecular complexity index is 3070. The predicted molar refractivity (Wildman–Crippen MR) is 258 cm³/mol. The summed E-state index contributed by atoms with van der Waals surface area (Å²) in [6, 6.07) is 60.0. The molecule has 1 spiro atoms. The summed E-state index contributed by atoms with van der Waals surface area (Å²) in [5, 5.41) is 0. The number of hydrogen-bond donors (Lipinski definition) is 0. The van der Waals surface area contributed by atoms with Crippen molar-refractivity contribution in [1.29, 1.82) is 0 Å². The fraction of sp³-hybridized carbons (Fsp3) is 0.167. The zero-order valence-electron chi connectivity index (χ0n) is 36.2. The summed E-state index contributed by atoms with van der Waals surface area (Å²) in [6.07, 6.45) is 11.5. The molecule has 3 aliphatic carbocycles. The Labute approximate surface area is 366 Å². The molecule has 2 heteroatoms. The first-order chi connectivity index (χ1) is 30.3. The molecule has 7 aromatic carbocycles. The number of anilines is 1. The SMILES string of the molecule is CC/C(=C\C=C(/C)c1ccc2c(c1)Oc1ccccc1C21c2ccccc2-c2cccc(C)c21)N(C1=CCC2C(=C1)C(C)(C)c1ccccc12)c1ccccc1-c1ccccc1. The van der Waals surface area contributed by atoms with Crippen molar-refractivity contribution in [2.75, 3.05) is 4.90 Å². The smallest absolute Gasteiger partial charge is 0.132 e. The van der Waals surface area contributed by atoms with Gasteiger partial charge in [0.1, 0.15) is 11.5 Å². The van der Waals surface area contributed by atoms with Crippen molar-refractivity contribution in [3.05, 3.63) is 250 Å². The number of allylic oxidation sites excluding steroid dienone is 7. The Hall–Kier alpha value is -6.90. The second kappa shape index (κ2) is 14.6. The van der Waals surface area contributed by atoms with Crippen molar-refractivity contribution in [2.45, 2.75) is 64.2 Å². The van der Waals surface area contributed by atoms with Crippen LogP contribution in [0.15, 0.2) is 205 Å². The van der Waals surface area contributed by atoms with Gasteiger partial charge in [-0.3, -0.25) is 0 Å². The van der Waals surface area contributed by atoms with Crippen LogP contribution in [0.3, 0.4) is 0 Å². The van der Waals surface area contributed by atoms with Gasteiger partial charge < -0.3 is 9.64 Å². The van der Waals surface area contributed by atoms with E-state index in [9.17, 15) is 0 Å². The summed E-state index contributed by atoms with van der Waals surface area (Å²) >= 11 is 0. The van der Waals surface area contributed by atoms with E-state index in [2.05, 4.69) is 228 Å². The maximum absolute atomic E-state index is 6.91. The van der Waals surface area contributed by atoms with Crippen molar-refractivity contribution in [2.24, 2.45) is 0 Å². The van der Waals surface area contributed by atoms with E-state index in [0.717, 1.165) is 29.9 Å². The fourth-order valence-electron chi connectivity index (χ4n) is 11.4. The Morgan fingerprint density at radius 1 is 0.661 bits per heavy atom. The normalized spacial score (nSPS) is 19.0. The van der Waals surface area contributed by atoms with Gasteiger partial charge in [-0.25, -0.2) is 0 Å². The van der Waals surface area contributed by atoms with Gasteiger partial charge in [-0.15, -0.1) is 0 Å². The van der Waals surface area contributed by atoms with Crippen LogP contribution in [0, 0.1) is 6.92 Å². The Morgan fingerprint density at radius 3 is 2.16 bits per heavy atom. The quantitative estimate of drug-likeness (QED) is 0.149. The van der Waals surface area contributed by atoms with Crippen LogP contribution in [0.2, 0.25) is 0 Å². The molecule has 0 amide bonds. The molecule has 0 N–H and O–H groups in total. The van der Waals surface area contributed by atoms with Gasteiger partial charge in [0.15, 0.2) is 0 Å². The molecule has 1 aliphatic heterocycles. The Kier molecular flexibility index (Phi) is 8.98. The van der Waals surface area contributed by atoms with E-state index < -0.39 is 5.41 Å². The van der Waals surface area contributed by atoms with E-state index in [0.29, 0.717) is 5.92 Å². The molecule has 11 rings (SSSR count). The number of para-hydroxylation sites is 2. The zero-order valence-corrected chi connectivity index (χ0v) is 36.2. The van der Waals surface area contributed by atoms with Crippen LogP contribution in [0.5, 0.6) is 11.5 Å². The minimum atomic E-state index is -0.476. The first-order valence-corrected chi connectivity index (χ1v) is 22.3. The largest absolute Gasteiger partial charge is 0.457 e. The maximum Gasteiger partial charge on any atom is 0.132 e. The van der Waals surface area contributed by atoms with Gasteiger partial charge in [-0.2, -0.15) is 0 Å². The molecule has 62 heavy (non-hydrogen) atoms. The van der Waals surface area contributed by atoms with Crippen molar-refractivity contribution in [3.63, 3.8) is 0 Å². The molecule has 0 bridgehead atoms. The van der Waals surface area contributed by atoms with E-state index in [4.69, 9.17) is 4.74 Å². The molecular weight excluding hydrogens is 751 g/mol. The minimum absolute atomic E-state index is 0.0487. The van der Waals surface area contributed by atoms with E-state index >= 15 is 0 Å². The van der Waals surface area contributed by atoms with Crippen LogP contribution in [0.1, 0.15) is 91.0 Å². The maximum atomic E-state index is 6.91. The predicted octanol–water partition coefficient (Wildman–Crippen LogP) is 15.6. The lowest BCUT2D eigenvalue weighted by molar-refractivity contribution is 0.436. The third-order valence-corrected chi connectivity index (χ3v) is 14.3. The lowest BCUT2D eigenvalue weighted by Gasteiger charge is -2.40.